The minimum Gasteiger partial charge on any atom is -0.494 e. The van der Waals surface area contributed by atoms with Gasteiger partial charge in [-0.1, -0.05) is 6.07 Å². The summed E-state index contributed by atoms with van der Waals surface area (Å²) in [5, 5.41) is 9.51. The van der Waals surface area contributed by atoms with E-state index in [1.54, 1.807) is 38.5 Å². The third kappa shape index (κ3) is 4.08. The summed E-state index contributed by atoms with van der Waals surface area (Å²) in [7, 11) is 3.14. The van der Waals surface area contributed by atoms with Crippen molar-refractivity contribution in [3.8, 4) is 29.0 Å². The first-order valence-electron chi connectivity index (χ1n) is 10.7. The summed E-state index contributed by atoms with van der Waals surface area (Å²) in [6.07, 6.45) is 0.736. The minimum atomic E-state index is -0.443. The van der Waals surface area contributed by atoms with Crippen molar-refractivity contribution >= 4 is 5.78 Å². The van der Waals surface area contributed by atoms with Crippen molar-refractivity contribution < 1.29 is 19.0 Å². The molecular formula is C26H24N2O5. The lowest BCUT2D eigenvalue weighted by Crippen LogP contribution is -2.31. The highest BCUT2D eigenvalue weighted by atomic mass is 16.5. The number of fused-ring (bicyclic) bond motifs is 1. The van der Waals surface area contributed by atoms with Gasteiger partial charge >= 0.3 is 0 Å². The van der Waals surface area contributed by atoms with Gasteiger partial charge in [0, 0.05) is 23.4 Å². The number of carbonyl (C=O) groups excluding carboxylic acids is 1. The predicted molar refractivity (Wildman–Crippen MR) is 123 cm³/mol. The summed E-state index contributed by atoms with van der Waals surface area (Å²) < 4.78 is 17.7. The van der Waals surface area contributed by atoms with E-state index in [0.29, 0.717) is 47.2 Å². The van der Waals surface area contributed by atoms with Gasteiger partial charge in [-0.2, -0.15) is 5.26 Å². The molecule has 2 aromatic carbocycles. The Morgan fingerprint density at radius 2 is 1.73 bits per heavy atom. The maximum atomic E-state index is 13.2. The van der Waals surface area contributed by atoms with Crippen molar-refractivity contribution in [2.24, 2.45) is 0 Å². The first-order chi connectivity index (χ1) is 16.0. The van der Waals surface area contributed by atoms with Crippen LogP contribution in [-0.2, 0) is 6.42 Å². The predicted octanol–water partition coefficient (Wildman–Crippen LogP) is 4.04. The molecular weight excluding hydrogens is 420 g/mol. The highest BCUT2D eigenvalue weighted by Crippen LogP contribution is 2.37. The Balaban J connectivity index is 1.84. The summed E-state index contributed by atoms with van der Waals surface area (Å²) in [4.78, 5) is 26.3. The number of rotatable bonds is 6. The smallest absolute Gasteiger partial charge is 0.273 e. The van der Waals surface area contributed by atoms with Gasteiger partial charge in [0.15, 0.2) is 17.3 Å². The van der Waals surface area contributed by atoms with Crippen molar-refractivity contribution in [1.82, 2.24) is 4.57 Å². The van der Waals surface area contributed by atoms with E-state index in [1.165, 1.54) is 10.6 Å². The lowest BCUT2D eigenvalue weighted by Gasteiger charge is -2.27. The van der Waals surface area contributed by atoms with Gasteiger partial charge in [-0.25, -0.2) is 0 Å². The number of hydrogen-bond donors (Lipinski definition) is 0. The van der Waals surface area contributed by atoms with Gasteiger partial charge in [0.25, 0.3) is 5.56 Å². The molecule has 1 aliphatic carbocycles. The van der Waals surface area contributed by atoms with E-state index in [4.69, 9.17) is 14.2 Å². The standard InChI is InChI=1S/C26H24N2O5/c1-4-33-20-8-6-19(7-9-20)28-22-12-17(16-5-10-24(31-2)25(14-16)32-3)13-23(29)21(22)11-18(15-27)26(28)30/h5-11,14,17H,4,12-13H2,1-3H3/t17-/m1/s1. The maximum Gasteiger partial charge on any atom is 0.273 e. The molecule has 3 aromatic rings. The molecule has 1 atom stereocenters. The normalized spacial score (nSPS) is 14.8. The van der Waals surface area contributed by atoms with Gasteiger partial charge in [-0.3, -0.25) is 14.2 Å². The third-order valence-corrected chi connectivity index (χ3v) is 5.88. The summed E-state index contributed by atoms with van der Waals surface area (Å²) >= 11 is 0. The Hall–Kier alpha value is -4.05. The fourth-order valence-electron chi connectivity index (χ4n) is 4.29. The number of nitrogens with zero attached hydrogens (tertiary/aromatic N) is 2. The monoisotopic (exact) mass is 444 g/mol. The van der Waals surface area contributed by atoms with E-state index in [0.717, 1.165) is 5.56 Å². The fourth-order valence-corrected chi connectivity index (χ4v) is 4.29. The second kappa shape index (κ2) is 9.21. The number of ether oxygens (including phenoxy) is 3. The van der Waals surface area contributed by atoms with Crippen LogP contribution in [0.2, 0.25) is 0 Å². The van der Waals surface area contributed by atoms with Crippen LogP contribution in [0.25, 0.3) is 5.69 Å². The molecule has 0 unspecified atom stereocenters. The van der Waals surface area contributed by atoms with Crippen LogP contribution in [0, 0.1) is 11.3 Å². The first-order valence-corrected chi connectivity index (χ1v) is 10.7. The fraction of sp³-hybridized carbons (Fsp3) is 0.269. The molecule has 0 radical (unpaired) electrons. The molecule has 0 N–H and O–H groups in total. The SMILES string of the molecule is CCOc1ccc(-n2c3c(cc(C#N)c2=O)C(=O)C[C@H](c2ccc(OC)c(OC)c2)C3)cc1. The Kier molecular flexibility index (Phi) is 6.18. The Labute approximate surface area is 191 Å². The van der Waals surface area contributed by atoms with E-state index >= 15 is 0 Å². The van der Waals surface area contributed by atoms with Gasteiger partial charge in [0.2, 0.25) is 0 Å². The van der Waals surface area contributed by atoms with Crippen LogP contribution in [0.1, 0.15) is 46.4 Å². The average molecular weight is 444 g/mol. The van der Waals surface area contributed by atoms with Crippen LogP contribution >= 0.6 is 0 Å². The lowest BCUT2D eigenvalue weighted by atomic mass is 9.81. The second-order valence-electron chi connectivity index (χ2n) is 7.74. The molecule has 0 amide bonds. The summed E-state index contributed by atoms with van der Waals surface area (Å²) in [6, 6.07) is 16.0. The maximum absolute atomic E-state index is 13.2. The molecule has 168 valence electrons. The topological polar surface area (TPSA) is 90.6 Å². The molecule has 7 nitrogen and oxygen atoms in total. The molecule has 0 spiro atoms. The molecule has 4 rings (SSSR count). The van der Waals surface area contributed by atoms with Crippen molar-refractivity contribution in [2.75, 3.05) is 20.8 Å². The molecule has 7 heteroatoms. The highest BCUT2D eigenvalue weighted by Gasteiger charge is 2.31. The third-order valence-electron chi connectivity index (χ3n) is 5.88. The van der Waals surface area contributed by atoms with Gasteiger partial charge in [-0.05, 0) is 67.3 Å². The molecule has 0 aliphatic heterocycles. The van der Waals surface area contributed by atoms with E-state index in [9.17, 15) is 14.9 Å². The van der Waals surface area contributed by atoms with E-state index in [1.807, 2.05) is 31.2 Å². The van der Waals surface area contributed by atoms with Crippen LogP contribution in [-0.4, -0.2) is 31.2 Å². The Bertz CT molecular complexity index is 1300. The molecule has 0 saturated carbocycles. The van der Waals surface area contributed by atoms with Crippen molar-refractivity contribution in [3.05, 3.63) is 81.3 Å². The van der Waals surface area contributed by atoms with Crippen LogP contribution in [0.15, 0.2) is 53.3 Å². The van der Waals surface area contributed by atoms with Crippen LogP contribution < -0.4 is 19.8 Å². The number of pyridine rings is 1. The summed E-state index contributed by atoms with van der Waals surface area (Å²) in [5.74, 6) is 1.61. The van der Waals surface area contributed by atoms with Crippen LogP contribution in [0.5, 0.6) is 17.2 Å². The van der Waals surface area contributed by atoms with E-state index < -0.39 is 5.56 Å². The number of hydrogen-bond acceptors (Lipinski definition) is 6. The van der Waals surface area contributed by atoms with E-state index in [2.05, 4.69) is 0 Å². The van der Waals surface area contributed by atoms with E-state index in [-0.39, 0.29) is 23.7 Å². The van der Waals surface area contributed by atoms with Gasteiger partial charge < -0.3 is 14.2 Å². The average Bonchev–Trinajstić information content (AvgIpc) is 2.84. The van der Waals surface area contributed by atoms with Gasteiger partial charge in [-0.15, -0.1) is 0 Å². The van der Waals surface area contributed by atoms with Gasteiger partial charge in [0.05, 0.1) is 20.8 Å². The number of Topliss-reactive ketones (excluding diaryl/α,β-unsaturated/α-hetero) is 1. The van der Waals surface area contributed by atoms with Crippen molar-refractivity contribution in [1.29, 1.82) is 5.26 Å². The molecule has 1 aliphatic rings. The van der Waals surface area contributed by atoms with Crippen molar-refractivity contribution in [3.63, 3.8) is 0 Å². The molecule has 0 fully saturated rings. The van der Waals surface area contributed by atoms with Crippen LogP contribution in [0.3, 0.4) is 0 Å². The number of methoxy groups -OCH3 is 2. The summed E-state index contributed by atoms with van der Waals surface area (Å²) in [6.45, 7) is 2.42. The Morgan fingerprint density at radius 3 is 2.36 bits per heavy atom. The Morgan fingerprint density at radius 1 is 1.00 bits per heavy atom. The molecule has 1 heterocycles. The highest BCUT2D eigenvalue weighted by molar-refractivity contribution is 5.99. The largest absolute Gasteiger partial charge is 0.494 e. The lowest BCUT2D eigenvalue weighted by molar-refractivity contribution is 0.0962. The summed E-state index contributed by atoms with van der Waals surface area (Å²) in [5.41, 5.74) is 2.01. The zero-order valence-corrected chi connectivity index (χ0v) is 18.8. The molecule has 0 bridgehead atoms. The van der Waals surface area contributed by atoms with Gasteiger partial charge in [0.1, 0.15) is 17.4 Å². The molecule has 1 aromatic heterocycles. The minimum absolute atomic E-state index is 0.0550. The number of benzene rings is 2. The number of ketones is 1. The first kappa shape index (κ1) is 22.2. The number of carbonyl (C=O) groups is 1. The zero-order chi connectivity index (χ0) is 23.5. The van der Waals surface area contributed by atoms with Crippen LogP contribution in [0.4, 0.5) is 0 Å². The quantitative estimate of drug-likeness (QED) is 0.570. The number of nitriles is 1. The molecule has 0 saturated heterocycles. The molecule has 33 heavy (non-hydrogen) atoms. The van der Waals surface area contributed by atoms with Crippen molar-refractivity contribution in [2.45, 2.75) is 25.7 Å². The zero-order valence-electron chi connectivity index (χ0n) is 18.8. The number of aromatic nitrogens is 1. The second-order valence-corrected chi connectivity index (χ2v) is 7.74.